The number of ketones is 1. The van der Waals surface area contributed by atoms with E-state index < -0.39 is 262 Å². The van der Waals surface area contributed by atoms with Crippen molar-refractivity contribution in [1.29, 1.82) is 0 Å². The molecule has 0 aliphatic carbocycles. The Kier molecular flexibility index (Phi) is 43.5. The van der Waals surface area contributed by atoms with Crippen molar-refractivity contribution in [2.45, 2.75) is 216 Å². The number of nitrogens with one attached hydrogen (secondary N) is 15. The van der Waals surface area contributed by atoms with Crippen LogP contribution in [0, 0.1) is 11.7 Å². The average Bonchev–Trinajstić information content (AvgIpc) is 1.70. The predicted octanol–water partition coefficient (Wildman–Crippen LogP) is -2.78. The van der Waals surface area contributed by atoms with Crippen molar-refractivity contribution >= 4 is 141 Å². The molecular weight excluding hydrogens is 1780 g/mol. The molecule has 45 nitrogen and oxygen atoms in total. The summed E-state index contributed by atoms with van der Waals surface area (Å²) >= 11 is 0. The molecule has 7 rings (SSSR count). The van der Waals surface area contributed by atoms with Gasteiger partial charge in [-0.1, -0.05) is 94.8 Å². The number of rotatable bonds is 40. The summed E-state index contributed by atoms with van der Waals surface area (Å²) in [7, 11) is 0. The van der Waals surface area contributed by atoms with Crippen LogP contribution in [0.3, 0.4) is 0 Å². The van der Waals surface area contributed by atoms with E-state index in [1.54, 1.807) is 71.8 Å². The predicted molar refractivity (Wildman–Crippen MR) is 483 cm³/mol. The van der Waals surface area contributed by atoms with E-state index in [2.05, 4.69) is 75.7 Å². The third kappa shape index (κ3) is 35.1. The number of H-pyrrole nitrogens is 1. The number of fused-ring (bicyclic) bond motifs is 1. The smallest absolute Gasteiger partial charge is 0.329 e. The number of carbonyl (C=O) groups is 20. The number of aliphatic carboxylic acids is 3. The quantitative estimate of drug-likeness (QED) is 0.00816. The van der Waals surface area contributed by atoms with Crippen molar-refractivity contribution in [3.8, 4) is 0 Å². The summed E-state index contributed by atoms with van der Waals surface area (Å²) in [6, 6.07) is 2.66. The van der Waals surface area contributed by atoms with E-state index in [4.69, 9.17) is 16.2 Å². The molecule has 0 spiro atoms. The zero-order valence-corrected chi connectivity index (χ0v) is 75.6. The number of cyclic esters (lactones) is 1. The fourth-order valence-corrected chi connectivity index (χ4v) is 14.9. The lowest BCUT2D eigenvalue weighted by molar-refractivity contribution is -0.156. The standard InChI is InChI=1S/C90H120FN19O26/c1-5-6-7-8-9-10-11-22-71(115)100-63(39-54-45-95-60-20-15-13-17-57(54)60)84(129)104-64(41-70(93)114)85(130)102-62(31-37-111)82(127)108-78-51(4)136-90(135)67(40-69(113)58-18-12-14-19-59(58)92)106-88(133)77(49(2)38-74(118)119)107-86(131)68(48-112)101-73(117)46-96-80(125)65(42-75(120)121)103-79(124)50(3)98-83(128)66(43-76(122)123)105-81(126)61(99-72(116)47-97-87(78)132)21-16-32-94-44-52-23-25-53(26-24-52)89(134)110-35-33-109(34-36-110)56-29-27-55(91)28-30-56/h12-15,17-20,23-30,45,49-51,61-68,77-78,94-95,111-112H,5-11,16,21-22,31-44,46-48,92H2,1-4H3,(H2,93,114)(H,96,125)(H,97,132)(H,98,128)(H,99,116)(H,100,115)(H,101,117)(H,102,130)(H,103,124)(H,104,129)(H,105,126)(H,106,133)(H,107,131)(H,108,127)(H,118,119)(H,120,121)(H,122,123)/t49-,50-,51-,61+,62+,63+,64+,65+,66+,67+,68-,77+,78+/m1/s1. The number of aliphatic hydroxyl groups is 2. The second kappa shape index (κ2) is 54.6. The second-order valence-corrected chi connectivity index (χ2v) is 33.0. The summed E-state index contributed by atoms with van der Waals surface area (Å²) in [4.78, 5) is 286. The van der Waals surface area contributed by atoms with Crippen molar-refractivity contribution in [3.63, 3.8) is 0 Å². The number of carboxylic acids is 3. The van der Waals surface area contributed by atoms with Gasteiger partial charge in [-0.3, -0.25) is 91.1 Å². The molecule has 0 unspecified atom stereocenters. The SMILES string of the molecule is CCCCCCCCCC(=O)N[C@@H](Cc1c[nH]c2ccccc12)C(=O)N[C@@H](CC(N)=O)C(=O)N[C@@H](CCO)C(=O)N[C@@H]1C(=O)NCC(=O)N[C@@H](CCCNCc2ccc(C(=O)N3CCN(c4ccc(F)cc4)CC3)cc2)C(=O)N[C@@H](CC(=O)O)C(=O)N[C@H](C)C(=O)N[C@@H](CC(=O)O)C(=O)NCC(=O)N[C@H](CO)C(=O)N[C@@H]([C@H](C)CC(=O)O)C(=O)N[C@@H](CC(=O)c2ccccc2N)C(=O)O[C@@H]1C. The highest BCUT2D eigenvalue weighted by atomic mass is 19.1. The molecule has 46 heteroatoms. The van der Waals surface area contributed by atoms with Crippen LogP contribution in [0.2, 0.25) is 0 Å². The molecule has 2 saturated heterocycles. The minimum Gasteiger partial charge on any atom is -0.481 e. The number of benzene rings is 4. The summed E-state index contributed by atoms with van der Waals surface area (Å²) in [6.45, 7) is 2.34. The Morgan fingerprint density at radius 3 is 1.78 bits per heavy atom. The Hall–Kier alpha value is -14.6. The number of nitrogens with two attached hydrogens (primary N) is 2. The average molecular weight is 1900 g/mol. The largest absolute Gasteiger partial charge is 0.481 e. The van der Waals surface area contributed by atoms with Gasteiger partial charge in [-0.25, -0.2) is 9.18 Å². The van der Waals surface area contributed by atoms with Crippen molar-refractivity contribution in [2.24, 2.45) is 11.7 Å². The maximum Gasteiger partial charge on any atom is 0.329 e. The number of hydrogen-bond donors (Lipinski definition) is 22. The van der Waals surface area contributed by atoms with E-state index in [0.717, 1.165) is 58.6 Å². The van der Waals surface area contributed by atoms with E-state index in [1.165, 1.54) is 36.4 Å². The lowest BCUT2D eigenvalue weighted by Crippen LogP contribution is -2.61. The summed E-state index contributed by atoms with van der Waals surface area (Å²) in [5, 5.41) is 83.9. The first-order chi connectivity index (χ1) is 64.8. The number of para-hydroxylation sites is 2. The lowest BCUT2D eigenvalue weighted by atomic mass is 9.96. The Bertz CT molecular complexity index is 5070. The molecule has 5 aromatic rings. The Morgan fingerprint density at radius 2 is 1.15 bits per heavy atom. The van der Waals surface area contributed by atoms with Gasteiger partial charge in [0.05, 0.1) is 45.4 Å². The summed E-state index contributed by atoms with van der Waals surface area (Å²) in [5.74, 6) is -27.9. The molecule has 3 heterocycles. The molecule has 0 radical (unpaired) electrons. The van der Waals surface area contributed by atoms with E-state index in [1.807, 2.05) is 15.5 Å². The van der Waals surface area contributed by atoms with Gasteiger partial charge in [0.25, 0.3) is 5.91 Å². The number of anilines is 2. The number of nitrogen functional groups attached to an aromatic ring is 1. The van der Waals surface area contributed by atoms with E-state index in [-0.39, 0.29) is 55.3 Å². The van der Waals surface area contributed by atoms with Crippen molar-refractivity contribution in [2.75, 3.05) is 69.7 Å². The summed E-state index contributed by atoms with van der Waals surface area (Å²) < 4.78 is 19.5. The van der Waals surface area contributed by atoms with Crippen molar-refractivity contribution in [3.05, 3.63) is 131 Å². The molecule has 4 aromatic carbocycles. The van der Waals surface area contributed by atoms with E-state index >= 15 is 14.4 Å². The van der Waals surface area contributed by atoms with Crippen LogP contribution >= 0.6 is 0 Å². The number of hydrogen-bond acceptors (Lipinski definition) is 26. The highest BCUT2D eigenvalue weighted by molar-refractivity contribution is 6.05. The summed E-state index contributed by atoms with van der Waals surface area (Å²) in [6.07, 6.45) is -1.41. The first-order valence-electron chi connectivity index (χ1n) is 44.5. The number of aromatic amines is 1. The van der Waals surface area contributed by atoms with Crippen LogP contribution in [-0.2, 0) is 104 Å². The third-order valence-corrected chi connectivity index (χ3v) is 22.3. The fraction of sp³-hybridized carbons (Fsp3) is 0.489. The van der Waals surface area contributed by atoms with Crippen LogP contribution in [0.25, 0.3) is 10.9 Å². The van der Waals surface area contributed by atoms with Crippen LogP contribution in [0.15, 0.2) is 103 Å². The molecule has 15 amide bonds. The maximum atomic E-state index is 15.1. The van der Waals surface area contributed by atoms with Crippen LogP contribution in [0.5, 0.6) is 0 Å². The molecule has 136 heavy (non-hydrogen) atoms. The number of esters is 1. The zero-order valence-electron chi connectivity index (χ0n) is 75.6. The van der Waals surface area contributed by atoms with Gasteiger partial charge in [-0.05, 0) is 118 Å². The molecule has 0 saturated carbocycles. The molecule has 2 aliphatic heterocycles. The van der Waals surface area contributed by atoms with Crippen molar-refractivity contribution in [1.82, 2.24) is 84.3 Å². The van der Waals surface area contributed by atoms with Gasteiger partial charge in [-0.15, -0.1) is 0 Å². The van der Waals surface area contributed by atoms with Crippen molar-refractivity contribution < 1.29 is 131 Å². The van der Waals surface area contributed by atoms with Gasteiger partial charge in [-0.2, -0.15) is 0 Å². The van der Waals surface area contributed by atoms with Gasteiger partial charge in [0.2, 0.25) is 82.7 Å². The van der Waals surface area contributed by atoms with Gasteiger partial charge in [0.15, 0.2) is 5.78 Å². The van der Waals surface area contributed by atoms with Gasteiger partial charge >= 0.3 is 23.9 Å². The van der Waals surface area contributed by atoms with Gasteiger partial charge in [0.1, 0.15) is 78.4 Å². The van der Waals surface area contributed by atoms with Crippen LogP contribution < -0.4 is 90.8 Å². The van der Waals surface area contributed by atoms with E-state index in [9.17, 15) is 111 Å². The molecule has 2 aliphatic rings. The lowest BCUT2D eigenvalue weighted by Gasteiger charge is -2.36. The number of amides is 15. The zero-order chi connectivity index (χ0) is 99.8. The number of unbranched alkanes of at least 4 members (excludes halogenated alkanes) is 6. The van der Waals surface area contributed by atoms with Crippen LogP contribution in [0.1, 0.15) is 162 Å². The highest BCUT2D eigenvalue weighted by Crippen LogP contribution is 2.24. The van der Waals surface area contributed by atoms with Gasteiger partial charge in [0, 0.05) is 98.2 Å². The van der Waals surface area contributed by atoms with E-state index in [0.29, 0.717) is 66.6 Å². The Morgan fingerprint density at radius 1 is 0.566 bits per heavy atom. The monoisotopic (exact) mass is 1900 g/mol. The molecule has 24 N–H and O–H groups in total. The second-order valence-electron chi connectivity index (χ2n) is 33.0. The normalized spacial score (nSPS) is 20.4. The number of primary amides is 1. The molecule has 2 fully saturated rings. The third-order valence-electron chi connectivity index (χ3n) is 22.3. The molecule has 0 bridgehead atoms. The fourth-order valence-electron chi connectivity index (χ4n) is 14.9. The Labute approximate surface area is 780 Å². The first-order valence-corrected chi connectivity index (χ1v) is 44.5. The maximum absolute atomic E-state index is 15.1. The number of halogens is 1. The van der Waals surface area contributed by atoms with Crippen LogP contribution in [-0.4, -0.2) is 285 Å². The van der Waals surface area contributed by atoms with Crippen LogP contribution in [0.4, 0.5) is 15.8 Å². The number of aromatic nitrogens is 1. The minimum absolute atomic E-state index is 0.000929. The number of piperazine rings is 1. The summed E-state index contributed by atoms with van der Waals surface area (Å²) in [5.41, 5.74) is 14.4. The number of ether oxygens (including phenoxy) is 1. The number of carbonyl (C=O) groups excluding carboxylic acids is 17. The first kappa shape index (κ1) is 108. The topological polar surface area (TPSA) is 695 Å². The number of aliphatic hydroxyl groups excluding tert-OH is 2. The minimum atomic E-state index is -2.37. The molecule has 13 atom stereocenters. The Balaban J connectivity index is 1.24. The molecular formula is C90H120FN19O26. The number of Topliss-reactive ketones (excluding diaryl/α,β-unsaturated/α-hetero) is 1. The molecule has 1 aromatic heterocycles. The highest BCUT2D eigenvalue weighted by Gasteiger charge is 2.41. The molecule has 738 valence electrons. The van der Waals surface area contributed by atoms with Gasteiger partial charge < -0.3 is 131 Å². The number of nitrogens with zero attached hydrogens (tertiary/aromatic N) is 2. The number of carboxylic acid groups (broad SMARTS) is 3.